The molecule has 4 rings (SSSR count). The second-order valence-corrected chi connectivity index (χ2v) is 8.08. The van der Waals surface area contributed by atoms with E-state index in [2.05, 4.69) is 33.8 Å². The Kier molecular flexibility index (Phi) is 5.25. The molecule has 3 N–H and O–H groups in total. The Balaban J connectivity index is 1.40. The fourth-order valence-electron chi connectivity index (χ4n) is 4.30. The minimum Gasteiger partial charge on any atom is -0.344 e. The lowest BCUT2D eigenvalue weighted by molar-refractivity contribution is 0.0934. The molecular weight excluding hydrogens is 338 g/mol. The molecule has 6 heteroatoms. The molecule has 1 amide bonds. The van der Waals surface area contributed by atoms with Crippen LogP contribution in [0.3, 0.4) is 0 Å². The first kappa shape index (κ1) is 18.2. The summed E-state index contributed by atoms with van der Waals surface area (Å²) in [6.45, 7) is 2.02. The van der Waals surface area contributed by atoms with Crippen LogP contribution in [-0.4, -0.2) is 26.9 Å². The fourth-order valence-corrected chi connectivity index (χ4v) is 4.30. The van der Waals surface area contributed by atoms with Crippen molar-refractivity contribution in [2.24, 2.45) is 5.73 Å². The van der Waals surface area contributed by atoms with E-state index in [4.69, 9.17) is 5.73 Å². The van der Waals surface area contributed by atoms with E-state index in [1.807, 2.05) is 11.6 Å². The Morgan fingerprint density at radius 1 is 1.19 bits per heavy atom. The summed E-state index contributed by atoms with van der Waals surface area (Å²) >= 11 is 0. The van der Waals surface area contributed by atoms with Crippen LogP contribution >= 0.6 is 0 Å². The average molecular weight is 367 g/mol. The van der Waals surface area contributed by atoms with Gasteiger partial charge in [0.2, 0.25) is 0 Å². The third kappa shape index (κ3) is 4.05. The lowest BCUT2D eigenvalue weighted by Gasteiger charge is -2.25. The third-order valence-electron chi connectivity index (χ3n) is 6.08. The van der Waals surface area contributed by atoms with Crippen LogP contribution in [0.2, 0.25) is 0 Å². The van der Waals surface area contributed by atoms with Gasteiger partial charge < -0.3 is 11.1 Å². The maximum absolute atomic E-state index is 12.6. The van der Waals surface area contributed by atoms with Crippen LogP contribution in [0.4, 0.5) is 0 Å². The van der Waals surface area contributed by atoms with E-state index in [-0.39, 0.29) is 11.9 Å². The van der Waals surface area contributed by atoms with E-state index in [0.29, 0.717) is 17.8 Å². The molecule has 2 aliphatic rings. The number of nitrogens with two attached hydrogens (primary N) is 1. The maximum atomic E-state index is 12.6. The first-order chi connectivity index (χ1) is 13.1. The second kappa shape index (κ2) is 7.80. The molecular formula is C21H29N5O. The number of aryl methyl sites for hydroxylation is 2. The molecule has 1 fully saturated rings. The topological polar surface area (TPSA) is 85.8 Å². The number of carbonyl (C=O) groups is 1. The van der Waals surface area contributed by atoms with E-state index in [0.717, 1.165) is 37.7 Å². The minimum absolute atomic E-state index is 0.0532. The quantitative estimate of drug-likeness (QED) is 0.869. The molecule has 0 bridgehead atoms. The van der Waals surface area contributed by atoms with E-state index in [1.165, 1.54) is 30.4 Å². The van der Waals surface area contributed by atoms with Crippen LogP contribution in [0.25, 0.3) is 0 Å². The van der Waals surface area contributed by atoms with Gasteiger partial charge in [-0.3, -0.25) is 4.79 Å². The predicted molar refractivity (Wildman–Crippen MR) is 104 cm³/mol. The number of rotatable bonds is 4. The largest absolute Gasteiger partial charge is 0.344 e. The number of hydrogen-bond donors (Lipinski definition) is 2. The summed E-state index contributed by atoms with van der Waals surface area (Å²) in [5.41, 5.74) is 10.4. The van der Waals surface area contributed by atoms with Crippen molar-refractivity contribution in [1.29, 1.82) is 0 Å². The van der Waals surface area contributed by atoms with E-state index < -0.39 is 0 Å². The molecule has 1 unspecified atom stereocenters. The first-order valence-electron chi connectivity index (χ1n) is 10.2. The lowest BCUT2D eigenvalue weighted by Crippen LogP contribution is -2.28. The monoisotopic (exact) mass is 367 g/mol. The Hall–Kier alpha value is -2.21. The Morgan fingerprint density at radius 2 is 1.93 bits per heavy atom. The van der Waals surface area contributed by atoms with Gasteiger partial charge in [-0.2, -0.15) is 0 Å². The molecule has 1 aromatic heterocycles. The van der Waals surface area contributed by atoms with Gasteiger partial charge in [-0.1, -0.05) is 23.4 Å². The van der Waals surface area contributed by atoms with Crippen LogP contribution in [0.15, 0.2) is 24.4 Å². The predicted octanol–water partition coefficient (Wildman–Crippen LogP) is 3.09. The van der Waals surface area contributed by atoms with Crippen LogP contribution in [0.1, 0.15) is 84.7 Å². The number of hydrogen-bond acceptors (Lipinski definition) is 4. The summed E-state index contributed by atoms with van der Waals surface area (Å²) in [4.78, 5) is 12.6. The van der Waals surface area contributed by atoms with Gasteiger partial charge in [0.15, 0.2) is 5.69 Å². The van der Waals surface area contributed by atoms with Crippen LogP contribution in [0.5, 0.6) is 0 Å². The highest BCUT2D eigenvalue weighted by molar-refractivity contribution is 5.92. The highest BCUT2D eigenvalue weighted by Gasteiger charge is 2.23. The van der Waals surface area contributed by atoms with Crippen LogP contribution in [0, 0.1) is 0 Å². The van der Waals surface area contributed by atoms with Gasteiger partial charge >= 0.3 is 0 Å². The molecule has 0 radical (unpaired) electrons. The fraction of sp³-hybridized carbons (Fsp3) is 0.571. The molecule has 0 aliphatic heterocycles. The number of carbonyl (C=O) groups excluding carboxylic acids is 1. The average Bonchev–Trinajstić information content (AvgIpc) is 3.18. The zero-order valence-electron chi connectivity index (χ0n) is 16.0. The van der Waals surface area contributed by atoms with E-state index in [9.17, 15) is 4.79 Å². The van der Waals surface area contributed by atoms with Crippen molar-refractivity contribution in [3.63, 3.8) is 0 Å². The molecule has 2 aromatic rings. The highest BCUT2D eigenvalue weighted by Crippen LogP contribution is 2.27. The first-order valence-corrected chi connectivity index (χ1v) is 10.2. The van der Waals surface area contributed by atoms with Crippen molar-refractivity contribution in [3.05, 3.63) is 46.8 Å². The number of nitrogens with zero attached hydrogens (tertiary/aromatic N) is 3. The zero-order valence-corrected chi connectivity index (χ0v) is 16.0. The Bertz CT molecular complexity index is 807. The van der Waals surface area contributed by atoms with Gasteiger partial charge in [-0.25, -0.2) is 4.68 Å². The van der Waals surface area contributed by atoms with Gasteiger partial charge in [0, 0.05) is 6.04 Å². The number of aromatic nitrogens is 3. The standard InChI is InChI=1S/C21H29N5O/c1-14(16-7-6-15-4-2-3-5-17(15)12-16)23-21(27)20-13-26(25-24-20)19-10-8-18(22)9-11-19/h6-7,12-14,18-19H,2-5,8-11,22H2,1H3,(H,23,27). The molecule has 1 aromatic carbocycles. The smallest absolute Gasteiger partial charge is 0.273 e. The number of fused-ring (bicyclic) bond motifs is 1. The molecule has 0 spiro atoms. The molecule has 144 valence electrons. The minimum atomic E-state index is -0.168. The van der Waals surface area contributed by atoms with Crippen molar-refractivity contribution in [2.45, 2.75) is 76.4 Å². The third-order valence-corrected chi connectivity index (χ3v) is 6.08. The highest BCUT2D eigenvalue weighted by atomic mass is 16.2. The Morgan fingerprint density at radius 3 is 2.70 bits per heavy atom. The van der Waals surface area contributed by atoms with Crippen molar-refractivity contribution >= 4 is 5.91 Å². The summed E-state index contributed by atoms with van der Waals surface area (Å²) in [6, 6.07) is 7.15. The summed E-state index contributed by atoms with van der Waals surface area (Å²) < 4.78 is 1.84. The van der Waals surface area contributed by atoms with Gasteiger partial charge in [-0.05, 0) is 75.0 Å². The van der Waals surface area contributed by atoms with Crippen LogP contribution in [-0.2, 0) is 12.8 Å². The van der Waals surface area contributed by atoms with Crippen LogP contribution < -0.4 is 11.1 Å². The normalized spacial score (nSPS) is 23.5. The number of benzene rings is 1. The zero-order chi connectivity index (χ0) is 18.8. The van der Waals surface area contributed by atoms with Gasteiger partial charge in [0.1, 0.15) is 0 Å². The number of amides is 1. The SMILES string of the molecule is CC(NC(=O)c1cn(C2CCC(N)CC2)nn1)c1ccc2c(c1)CCCC2. The van der Waals surface area contributed by atoms with Gasteiger partial charge in [0.25, 0.3) is 5.91 Å². The summed E-state index contributed by atoms with van der Waals surface area (Å²) in [6.07, 6.45) is 10.6. The molecule has 1 atom stereocenters. The van der Waals surface area contributed by atoms with E-state index in [1.54, 1.807) is 6.20 Å². The molecule has 6 nitrogen and oxygen atoms in total. The lowest BCUT2D eigenvalue weighted by atomic mass is 9.89. The van der Waals surface area contributed by atoms with Crippen molar-refractivity contribution in [3.8, 4) is 0 Å². The van der Waals surface area contributed by atoms with Crippen molar-refractivity contribution in [2.75, 3.05) is 0 Å². The molecule has 27 heavy (non-hydrogen) atoms. The van der Waals surface area contributed by atoms with Gasteiger partial charge in [-0.15, -0.1) is 5.10 Å². The van der Waals surface area contributed by atoms with Crippen molar-refractivity contribution in [1.82, 2.24) is 20.3 Å². The summed E-state index contributed by atoms with van der Waals surface area (Å²) in [5.74, 6) is -0.168. The molecule has 0 saturated heterocycles. The maximum Gasteiger partial charge on any atom is 0.273 e. The Labute approximate surface area is 160 Å². The molecule has 1 heterocycles. The summed E-state index contributed by atoms with van der Waals surface area (Å²) in [5, 5.41) is 11.4. The summed E-state index contributed by atoms with van der Waals surface area (Å²) in [7, 11) is 0. The van der Waals surface area contributed by atoms with Crippen molar-refractivity contribution < 1.29 is 4.79 Å². The second-order valence-electron chi connectivity index (χ2n) is 8.08. The van der Waals surface area contributed by atoms with Gasteiger partial charge in [0.05, 0.1) is 18.3 Å². The molecule has 1 saturated carbocycles. The molecule has 2 aliphatic carbocycles. The van der Waals surface area contributed by atoms with E-state index >= 15 is 0 Å². The number of nitrogens with one attached hydrogen (secondary N) is 1.